The fourth-order valence-electron chi connectivity index (χ4n) is 2.57. The Labute approximate surface area is 107 Å². The van der Waals surface area contributed by atoms with Crippen molar-refractivity contribution >= 4 is 17.0 Å². The Balaban J connectivity index is 1.76. The van der Waals surface area contributed by atoms with Gasteiger partial charge in [-0.3, -0.25) is 0 Å². The van der Waals surface area contributed by atoms with E-state index in [1.54, 1.807) is 0 Å². The number of benzene rings is 1. The molecule has 1 N–H and O–H groups in total. The summed E-state index contributed by atoms with van der Waals surface area (Å²) < 4.78 is 7.68. The maximum atomic E-state index is 5.58. The maximum Gasteiger partial charge on any atom is 0.203 e. The topological polar surface area (TPSA) is 39.1 Å². The molecule has 1 saturated heterocycles. The highest BCUT2D eigenvalue weighted by Gasteiger charge is 2.24. The predicted molar refractivity (Wildman–Crippen MR) is 72.7 cm³/mol. The lowest BCUT2D eigenvalue weighted by Crippen LogP contribution is -2.21. The molecule has 1 aromatic heterocycles. The molecule has 2 unspecified atom stereocenters. The summed E-state index contributed by atoms with van der Waals surface area (Å²) >= 11 is 0. The number of nitrogens with one attached hydrogen (secondary N) is 1. The van der Waals surface area contributed by atoms with Crippen molar-refractivity contribution < 1.29 is 4.74 Å². The first-order valence-corrected chi connectivity index (χ1v) is 6.52. The van der Waals surface area contributed by atoms with Crippen molar-refractivity contribution in [3.63, 3.8) is 0 Å². The number of aromatic nitrogens is 2. The smallest absolute Gasteiger partial charge is 0.203 e. The molecule has 3 rings (SSSR count). The normalized spacial score (nSPS) is 23.7. The summed E-state index contributed by atoms with van der Waals surface area (Å²) in [5.74, 6) is 1.53. The van der Waals surface area contributed by atoms with Crippen molar-refractivity contribution in [1.29, 1.82) is 0 Å². The van der Waals surface area contributed by atoms with E-state index in [9.17, 15) is 0 Å². The third-order valence-electron chi connectivity index (χ3n) is 3.84. The minimum absolute atomic E-state index is 0.354. The average Bonchev–Trinajstić information content (AvgIpc) is 2.92. The molecule has 2 heterocycles. The van der Waals surface area contributed by atoms with Gasteiger partial charge in [0.1, 0.15) is 0 Å². The lowest BCUT2D eigenvalue weighted by atomic mass is 10.0. The van der Waals surface area contributed by atoms with Crippen LogP contribution < -0.4 is 5.32 Å². The third-order valence-corrected chi connectivity index (χ3v) is 3.84. The van der Waals surface area contributed by atoms with E-state index >= 15 is 0 Å². The van der Waals surface area contributed by atoms with E-state index in [1.807, 2.05) is 25.2 Å². The summed E-state index contributed by atoms with van der Waals surface area (Å²) in [6, 6.07) is 8.20. The average molecular weight is 245 g/mol. The number of hydrogen-bond donors (Lipinski definition) is 1. The molecule has 1 aliphatic rings. The zero-order chi connectivity index (χ0) is 12.5. The van der Waals surface area contributed by atoms with Gasteiger partial charge in [-0.1, -0.05) is 12.1 Å². The van der Waals surface area contributed by atoms with E-state index in [-0.39, 0.29) is 0 Å². The molecule has 0 spiro atoms. The Hall–Kier alpha value is -1.55. The van der Waals surface area contributed by atoms with Gasteiger partial charge < -0.3 is 14.6 Å². The highest BCUT2D eigenvalue weighted by atomic mass is 16.5. The van der Waals surface area contributed by atoms with E-state index < -0.39 is 0 Å². The second kappa shape index (κ2) is 4.61. The molecule has 0 radical (unpaired) electrons. The lowest BCUT2D eigenvalue weighted by molar-refractivity contribution is 0.108. The molecule has 1 fully saturated rings. The molecule has 2 aromatic rings. The van der Waals surface area contributed by atoms with Crippen molar-refractivity contribution in [3.8, 4) is 0 Å². The highest BCUT2D eigenvalue weighted by Crippen LogP contribution is 2.22. The van der Waals surface area contributed by atoms with Crippen LogP contribution >= 0.6 is 0 Å². The molecule has 4 nitrogen and oxygen atoms in total. The van der Waals surface area contributed by atoms with E-state index in [1.165, 1.54) is 0 Å². The van der Waals surface area contributed by atoms with Crippen molar-refractivity contribution in [2.45, 2.75) is 19.4 Å². The van der Waals surface area contributed by atoms with Crippen LogP contribution in [-0.2, 0) is 11.8 Å². The van der Waals surface area contributed by atoms with E-state index in [0.29, 0.717) is 12.0 Å². The second-order valence-corrected chi connectivity index (χ2v) is 4.99. The molecule has 0 saturated carbocycles. The summed E-state index contributed by atoms with van der Waals surface area (Å²) in [6.07, 6.45) is 1.49. The van der Waals surface area contributed by atoms with Crippen LogP contribution in [0.3, 0.4) is 0 Å². The molecule has 18 heavy (non-hydrogen) atoms. The summed E-state index contributed by atoms with van der Waals surface area (Å²) in [4.78, 5) is 4.61. The first-order chi connectivity index (χ1) is 8.75. The molecule has 2 atom stereocenters. The van der Waals surface area contributed by atoms with E-state index in [2.05, 4.69) is 27.9 Å². The zero-order valence-electron chi connectivity index (χ0n) is 10.9. The molecule has 1 aromatic carbocycles. The van der Waals surface area contributed by atoms with Gasteiger partial charge >= 0.3 is 0 Å². The molecule has 96 valence electrons. The van der Waals surface area contributed by atoms with Gasteiger partial charge in [-0.2, -0.15) is 0 Å². The molecular weight excluding hydrogens is 226 g/mol. The van der Waals surface area contributed by atoms with E-state index in [4.69, 9.17) is 4.74 Å². The van der Waals surface area contributed by atoms with Gasteiger partial charge in [0.05, 0.1) is 17.1 Å². The number of aryl methyl sites for hydroxylation is 1. The molecule has 0 aliphatic carbocycles. The maximum absolute atomic E-state index is 5.58. The molecule has 1 aliphatic heterocycles. The van der Waals surface area contributed by atoms with Crippen molar-refractivity contribution in [2.24, 2.45) is 13.0 Å². The van der Waals surface area contributed by atoms with Crippen molar-refractivity contribution in [1.82, 2.24) is 9.55 Å². The molecular formula is C14H19N3O. The van der Waals surface area contributed by atoms with Crippen LogP contribution in [0.2, 0.25) is 0 Å². The predicted octanol–water partition coefficient (Wildman–Crippen LogP) is 2.41. The van der Waals surface area contributed by atoms with Gasteiger partial charge in [0, 0.05) is 26.1 Å². The Kier molecular flexibility index (Phi) is 2.96. The van der Waals surface area contributed by atoms with Crippen LogP contribution in [0, 0.1) is 5.92 Å². The lowest BCUT2D eigenvalue weighted by Gasteiger charge is -2.15. The van der Waals surface area contributed by atoms with Gasteiger partial charge in [-0.15, -0.1) is 0 Å². The number of nitrogens with zero attached hydrogens (tertiary/aromatic N) is 2. The second-order valence-electron chi connectivity index (χ2n) is 4.99. The number of ether oxygens (including phenoxy) is 1. The minimum Gasteiger partial charge on any atom is -0.378 e. The van der Waals surface area contributed by atoms with Crippen LogP contribution in [0.4, 0.5) is 5.95 Å². The van der Waals surface area contributed by atoms with Gasteiger partial charge in [0.15, 0.2) is 0 Å². The first kappa shape index (κ1) is 11.5. The molecule has 4 heteroatoms. The quantitative estimate of drug-likeness (QED) is 0.902. The number of para-hydroxylation sites is 2. The molecule has 0 bridgehead atoms. The third kappa shape index (κ3) is 1.97. The fourth-order valence-corrected chi connectivity index (χ4v) is 2.57. The highest BCUT2D eigenvalue weighted by molar-refractivity contribution is 5.78. The minimum atomic E-state index is 0.354. The summed E-state index contributed by atoms with van der Waals surface area (Å²) in [5, 5.41) is 3.45. The SMILES string of the molecule is CC1OCCC1CNc1nc2ccccc2n1C. The first-order valence-electron chi connectivity index (χ1n) is 6.52. The Morgan fingerprint density at radius 3 is 3.00 bits per heavy atom. The summed E-state index contributed by atoms with van der Waals surface area (Å²) in [6.45, 7) is 3.96. The van der Waals surface area contributed by atoms with Gasteiger partial charge in [-0.25, -0.2) is 4.98 Å². The van der Waals surface area contributed by atoms with Crippen LogP contribution in [0.1, 0.15) is 13.3 Å². The largest absolute Gasteiger partial charge is 0.378 e. The Morgan fingerprint density at radius 1 is 1.44 bits per heavy atom. The summed E-state index contributed by atoms with van der Waals surface area (Å²) in [5.41, 5.74) is 2.20. The van der Waals surface area contributed by atoms with Gasteiger partial charge in [0.2, 0.25) is 5.95 Å². The van der Waals surface area contributed by atoms with E-state index in [0.717, 1.165) is 36.6 Å². The number of imidazole rings is 1. The number of rotatable bonds is 3. The monoisotopic (exact) mass is 245 g/mol. The van der Waals surface area contributed by atoms with Crippen LogP contribution in [0.5, 0.6) is 0 Å². The Morgan fingerprint density at radius 2 is 2.28 bits per heavy atom. The molecule has 0 amide bonds. The fraction of sp³-hybridized carbons (Fsp3) is 0.500. The van der Waals surface area contributed by atoms with Crippen molar-refractivity contribution in [3.05, 3.63) is 24.3 Å². The van der Waals surface area contributed by atoms with Crippen LogP contribution in [0.25, 0.3) is 11.0 Å². The van der Waals surface area contributed by atoms with Gasteiger partial charge in [-0.05, 0) is 25.5 Å². The van der Waals surface area contributed by atoms with Gasteiger partial charge in [0.25, 0.3) is 0 Å². The number of anilines is 1. The standard InChI is InChI=1S/C14H19N3O/c1-10-11(7-8-18-10)9-15-14-16-12-5-3-4-6-13(12)17(14)2/h3-6,10-11H,7-9H2,1-2H3,(H,15,16). The van der Waals surface area contributed by atoms with Crippen molar-refractivity contribution in [2.75, 3.05) is 18.5 Å². The summed E-state index contributed by atoms with van der Waals surface area (Å²) in [7, 11) is 2.05. The number of hydrogen-bond acceptors (Lipinski definition) is 3. The number of fused-ring (bicyclic) bond motifs is 1. The van der Waals surface area contributed by atoms with Crippen LogP contribution in [-0.4, -0.2) is 28.8 Å². The Bertz CT molecular complexity index is 549. The zero-order valence-corrected chi connectivity index (χ0v) is 10.9. The van der Waals surface area contributed by atoms with Crippen LogP contribution in [0.15, 0.2) is 24.3 Å².